The Morgan fingerprint density at radius 3 is 2.29 bits per heavy atom. The molecule has 0 radical (unpaired) electrons. The molecule has 2 aliphatic heterocycles. The van der Waals surface area contributed by atoms with E-state index >= 15 is 0 Å². The first-order valence-electron chi connectivity index (χ1n) is 9.70. The van der Waals surface area contributed by atoms with Crippen LogP contribution in [0.4, 0.5) is 0 Å². The Hall–Kier alpha value is -0.650. The van der Waals surface area contributed by atoms with Gasteiger partial charge in [0.25, 0.3) is 0 Å². The average molecular weight is 341 g/mol. The summed E-state index contributed by atoms with van der Waals surface area (Å²) < 4.78 is 5.82. The van der Waals surface area contributed by atoms with E-state index < -0.39 is 0 Å². The van der Waals surface area contributed by atoms with Crippen molar-refractivity contribution in [2.75, 3.05) is 19.7 Å². The molecule has 2 N–H and O–H groups in total. The molecule has 0 saturated carbocycles. The Bertz CT molecular complexity index is 384. The smallest absolute Gasteiger partial charge is 0.239 e. The predicted molar refractivity (Wildman–Crippen MR) is 95.8 cm³/mol. The minimum atomic E-state index is -0.0989. The maximum absolute atomic E-state index is 13.0. The lowest BCUT2D eigenvalue weighted by Gasteiger charge is -2.38. The highest BCUT2D eigenvalue weighted by Crippen LogP contribution is 2.22. The van der Waals surface area contributed by atoms with E-state index in [-0.39, 0.29) is 30.8 Å². The second kappa shape index (κ2) is 9.16. The molecule has 2 aliphatic rings. The summed E-state index contributed by atoms with van der Waals surface area (Å²) in [6, 6.07) is 0.254. The Balaban J connectivity index is 1.95. The number of nitrogens with zero attached hydrogens (tertiary/aromatic N) is 1. The number of amides is 1. The number of hydrogen-bond donors (Lipinski definition) is 2. The topological polar surface area (TPSA) is 61.8 Å². The number of nitrogens with one attached hydrogen (secondary N) is 1. The van der Waals surface area contributed by atoms with Crippen LogP contribution in [0, 0.1) is 11.8 Å². The van der Waals surface area contributed by atoms with Crippen molar-refractivity contribution in [1.29, 1.82) is 0 Å². The molecule has 0 aromatic heterocycles. The zero-order valence-corrected chi connectivity index (χ0v) is 15.8. The summed E-state index contributed by atoms with van der Waals surface area (Å²) in [5.41, 5.74) is 0. The number of carbonyl (C=O) groups is 1. The van der Waals surface area contributed by atoms with Crippen molar-refractivity contribution in [2.45, 2.75) is 84.1 Å². The molecule has 0 spiro atoms. The van der Waals surface area contributed by atoms with Crippen molar-refractivity contribution in [1.82, 2.24) is 10.2 Å². The van der Waals surface area contributed by atoms with Crippen LogP contribution in [0.2, 0.25) is 0 Å². The van der Waals surface area contributed by atoms with Crippen molar-refractivity contribution in [3.05, 3.63) is 0 Å². The van der Waals surface area contributed by atoms with Gasteiger partial charge in [-0.1, -0.05) is 13.8 Å². The summed E-state index contributed by atoms with van der Waals surface area (Å²) in [6.45, 7) is 10.4. The molecule has 2 heterocycles. The summed E-state index contributed by atoms with van der Waals surface area (Å²) in [5, 5.41) is 12.9. The van der Waals surface area contributed by atoms with Gasteiger partial charge in [0.2, 0.25) is 5.91 Å². The van der Waals surface area contributed by atoms with Crippen molar-refractivity contribution in [3.63, 3.8) is 0 Å². The zero-order valence-electron chi connectivity index (χ0n) is 15.8. The summed E-state index contributed by atoms with van der Waals surface area (Å²) in [6.07, 6.45) is 5.16. The number of aliphatic hydroxyl groups excluding tert-OH is 1. The van der Waals surface area contributed by atoms with Gasteiger partial charge in [-0.2, -0.15) is 0 Å². The van der Waals surface area contributed by atoms with Crippen molar-refractivity contribution >= 4 is 5.91 Å². The fraction of sp³-hybridized carbons (Fsp3) is 0.947. The highest BCUT2D eigenvalue weighted by atomic mass is 16.5. The van der Waals surface area contributed by atoms with Crippen LogP contribution in [0.15, 0.2) is 0 Å². The van der Waals surface area contributed by atoms with E-state index in [1.165, 1.54) is 0 Å². The van der Waals surface area contributed by atoms with E-state index in [1.54, 1.807) is 0 Å². The molecular formula is C19H36N2O3. The fourth-order valence-electron chi connectivity index (χ4n) is 4.09. The summed E-state index contributed by atoms with van der Waals surface area (Å²) in [7, 11) is 0. The monoisotopic (exact) mass is 340 g/mol. The highest BCUT2D eigenvalue weighted by Gasteiger charge is 2.32. The lowest BCUT2D eigenvalue weighted by Crippen LogP contribution is -2.54. The minimum absolute atomic E-state index is 0.0989. The lowest BCUT2D eigenvalue weighted by atomic mass is 9.94. The van der Waals surface area contributed by atoms with Crippen LogP contribution in [-0.4, -0.2) is 59.9 Å². The zero-order chi connectivity index (χ0) is 17.7. The quantitative estimate of drug-likeness (QED) is 0.778. The third-order valence-corrected chi connectivity index (χ3v) is 5.32. The molecule has 2 rings (SSSR count). The largest absolute Gasteiger partial charge is 0.396 e. The van der Waals surface area contributed by atoms with E-state index in [9.17, 15) is 9.90 Å². The Morgan fingerprint density at radius 2 is 1.79 bits per heavy atom. The van der Waals surface area contributed by atoms with Crippen molar-refractivity contribution < 1.29 is 14.6 Å². The van der Waals surface area contributed by atoms with Crippen molar-refractivity contribution in [2.24, 2.45) is 11.8 Å². The van der Waals surface area contributed by atoms with Crippen LogP contribution in [0.3, 0.4) is 0 Å². The molecule has 1 amide bonds. The minimum Gasteiger partial charge on any atom is -0.396 e. The first kappa shape index (κ1) is 19.7. The second-order valence-corrected chi connectivity index (χ2v) is 8.23. The van der Waals surface area contributed by atoms with Gasteiger partial charge in [0.05, 0.1) is 18.2 Å². The van der Waals surface area contributed by atoms with Crippen LogP contribution in [0.25, 0.3) is 0 Å². The molecule has 140 valence electrons. The van der Waals surface area contributed by atoms with Gasteiger partial charge in [-0.3, -0.25) is 4.79 Å². The maximum atomic E-state index is 13.0. The Labute approximate surface area is 147 Å². The van der Waals surface area contributed by atoms with E-state index in [0.717, 1.165) is 45.2 Å². The molecule has 0 aromatic carbocycles. The summed E-state index contributed by atoms with van der Waals surface area (Å²) in [4.78, 5) is 15.0. The predicted octanol–water partition coefficient (Wildman–Crippen LogP) is 2.18. The first-order chi connectivity index (χ1) is 11.4. The van der Waals surface area contributed by atoms with Gasteiger partial charge in [-0.15, -0.1) is 0 Å². The number of likely N-dealkylation sites (tertiary alicyclic amines) is 1. The Morgan fingerprint density at radius 1 is 1.21 bits per heavy atom. The van der Waals surface area contributed by atoms with Gasteiger partial charge in [-0.25, -0.2) is 0 Å². The van der Waals surface area contributed by atoms with Crippen LogP contribution in [0.1, 0.15) is 59.8 Å². The molecule has 0 aromatic rings. The molecule has 3 atom stereocenters. The molecule has 5 nitrogen and oxygen atoms in total. The molecule has 5 heteroatoms. The fourth-order valence-corrected chi connectivity index (χ4v) is 4.09. The van der Waals surface area contributed by atoms with Gasteiger partial charge >= 0.3 is 0 Å². The Kier molecular flexibility index (Phi) is 7.51. The maximum Gasteiger partial charge on any atom is 0.239 e. The summed E-state index contributed by atoms with van der Waals surface area (Å²) >= 11 is 0. The lowest BCUT2D eigenvalue weighted by molar-refractivity contribution is -0.136. The molecule has 0 bridgehead atoms. The normalized spacial score (nSPS) is 30.6. The van der Waals surface area contributed by atoms with Crippen LogP contribution in [0.5, 0.6) is 0 Å². The van der Waals surface area contributed by atoms with E-state index in [4.69, 9.17) is 4.74 Å². The number of hydrogen-bond acceptors (Lipinski definition) is 4. The number of carbonyl (C=O) groups excluding carboxylic acids is 1. The van der Waals surface area contributed by atoms with E-state index in [1.807, 2.05) is 4.90 Å². The number of rotatable bonds is 6. The second-order valence-electron chi connectivity index (χ2n) is 8.23. The molecule has 0 unspecified atom stereocenters. The standard InChI is InChI=1S/C19H36N2O3/c1-13(2)9-18(20-17-10-14(3)24-15(4)11-17)19(23)21-7-5-16(12-22)6-8-21/h13-18,20,22H,5-12H2,1-4H3/t14-,15-,18+/m1/s1. The first-order valence-corrected chi connectivity index (χ1v) is 9.70. The van der Waals surface area contributed by atoms with E-state index in [0.29, 0.717) is 17.9 Å². The molecule has 2 fully saturated rings. The number of aliphatic hydroxyl groups is 1. The van der Waals surface area contributed by atoms with Gasteiger partial charge < -0.3 is 20.1 Å². The van der Waals surface area contributed by atoms with E-state index in [2.05, 4.69) is 33.0 Å². The van der Waals surface area contributed by atoms with Crippen LogP contribution < -0.4 is 5.32 Å². The highest BCUT2D eigenvalue weighted by molar-refractivity contribution is 5.82. The third-order valence-electron chi connectivity index (χ3n) is 5.32. The molecule has 0 aliphatic carbocycles. The molecule has 2 saturated heterocycles. The van der Waals surface area contributed by atoms with Crippen LogP contribution in [-0.2, 0) is 9.53 Å². The van der Waals surface area contributed by atoms with Gasteiger partial charge in [0.15, 0.2) is 0 Å². The van der Waals surface area contributed by atoms with Gasteiger partial charge in [0.1, 0.15) is 0 Å². The van der Waals surface area contributed by atoms with Crippen LogP contribution >= 0.6 is 0 Å². The summed E-state index contributed by atoms with van der Waals surface area (Å²) in [5.74, 6) is 1.09. The SMILES string of the molecule is CC(C)C[C@H](NC1C[C@@H](C)O[C@H](C)C1)C(=O)N1CCC(CO)CC1. The number of piperidine rings is 1. The van der Waals surface area contributed by atoms with Crippen molar-refractivity contribution in [3.8, 4) is 0 Å². The molecule has 24 heavy (non-hydrogen) atoms. The molecular weight excluding hydrogens is 304 g/mol. The van der Waals surface area contributed by atoms with Gasteiger partial charge in [0, 0.05) is 25.7 Å². The number of ether oxygens (including phenoxy) is 1. The van der Waals surface area contributed by atoms with Gasteiger partial charge in [-0.05, 0) is 57.8 Å². The average Bonchev–Trinajstić information content (AvgIpc) is 2.52. The third kappa shape index (κ3) is 5.71.